The summed E-state index contributed by atoms with van der Waals surface area (Å²) < 4.78 is 25.0. The fourth-order valence-electron chi connectivity index (χ4n) is 2.22. The topological polar surface area (TPSA) is 46.2 Å². The minimum Gasteiger partial charge on any atom is -0.309 e. The van der Waals surface area contributed by atoms with Gasteiger partial charge in [-0.25, -0.2) is 8.42 Å². The average molecular weight is 286 g/mol. The average Bonchev–Trinajstić information content (AvgIpc) is 2.84. The van der Waals surface area contributed by atoms with E-state index in [-0.39, 0.29) is 6.04 Å². The molecule has 98 valence electrons. The third-order valence-electron chi connectivity index (χ3n) is 3.12. The van der Waals surface area contributed by atoms with Gasteiger partial charge in [0.25, 0.3) is 0 Å². The Balaban J connectivity index is 2.37. The molecule has 0 saturated carbocycles. The zero-order valence-corrected chi connectivity index (χ0v) is 11.8. The summed E-state index contributed by atoms with van der Waals surface area (Å²) in [4.78, 5) is 0.760. The fraction of sp³-hybridized carbons (Fsp3) is 0.385. The van der Waals surface area contributed by atoms with E-state index in [1.54, 1.807) is 37.3 Å². The molecule has 0 amide bonds. The third kappa shape index (κ3) is 2.60. The van der Waals surface area contributed by atoms with Gasteiger partial charge in [0, 0.05) is 11.1 Å². The second kappa shape index (κ2) is 5.43. The quantitative estimate of drug-likeness (QED) is 0.929. The van der Waals surface area contributed by atoms with Crippen molar-refractivity contribution in [3.8, 4) is 0 Å². The molecule has 1 fully saturated rings. The Morgan fingerprint density at radius 2 is 2.06 bits per heavy atom. The number of nitrogens with one attached hydrogen (secondary N) is 1. The highest BCUT2D eigenvalue weighted by molar-refractivity contribution is 7.95. The first kappa shape index (κ1) is 13.6. The van der Waals surface area contributed by atoms with E-state index in [0.717, 1.165) is 19.4 Å². The molecule has 2 rings (SSSR count). The van der Waals surface area contributed by atoms with E-state index in [2.05, 4.69) is 5.32 Å². The maximum Gasteiger partial charge on any atom is 0.204 e. The molecule has 0 bridgehead atoms. The Morgan fingerprint density at radius 3 is 2.56 bits per heavy atom. The molecular formula is C13H16ClNO2S. The van der Waals surface area contributed by atoms with Gasteiger partial charge in [-0.05, 0) is 50.6 Å². The molecule has 1 saturated heterocycles. The minimum absolute atomic E-state index is 0.0596. The molecule has 18 heavy (non-hydrogen) atoms. The molecular weight excluding hydrogens is 270 g/mol. The van der Waals surface area contributed by atoms with Crippen molar-refractivity contribution >= 4 is 21.4 Å². The first-order chi connectivity index (χ1) is 8.55. The van der Waals surface area contributed by atoms with Crippen LogP contribution in [0.4, 0.5) is 0 Å². The maximum absolute atomic E-state index is 12.5. The van der Waals surface area contributed by atoms with Crippen molar-refractivity contribution in [3.63, 3.8) is 0 Å². The van der Waals surface area contributed by atoms with Gasteiger partial charge in [-0.2, -0.15) is 0 Å². The van der Waals surface area contributed by atoms with Crippen LogP contribution in [0.5, 0.6) is 0 Å². The second-order valence-corrected chi connectivity index (χ2v) is 6.68. The SMILES string of the molecule is CC=C(C1CCCN1)S(=O)(=O)c1ccc(Cl)cc1. The highest BCUT2D eigenvalue weighted by Gasteiger charge is 2.29. The number of rotatable bonds is 3. The van der Waals surface area contributed by atoms with E-state index >= 15 is 0 Å². The molecule has 1 atom stereocenters. The molecule has 1 heterocycles. The largest absolute Gasteiger partial charge is 0.309 e. The molecule has 5 heteroatoms. The first-order valence-corrected chi connectivity index (χ1v) is 7.82. The lowest BCUT2D eigenvalue weighted by Crippen LogP contribution is -2.28. The summed E-state index contributed by atoms with van der Waals surface area (Å²) in [6.07, 6.45) is 3.57. The normalized spacial score (nSPS) is 21.2. The van der Waals surface area contributed by atoms with E-state index in [1.807, 2.05) is 0 Å². The van der Waals surface area contributed by atoms with Gasteiger partial charge in [0.1, 0.15) is 0 Å². The van der Waals surface area contributed by atoms with Crippen LogP contribution in [-0.2, 0) is 9.84 Å². The molecule has 0 radical (unpaired) electrons. The molecule has 0 spiro atoms. The molecule has 1 aliphatic rings. The molecule has 1 aromatic rings. The van der Waals surface area contributed by atoms with Crippen LogP contribution >= 0.6 is 11.6 Å². The highest BCUT2D eigenvalue weighted by atomic mass is 35.5. The van der Waals surface area contributed by atoms with Crippen LogP contribution in [0.2, 0.25) is 5.02 Å². The van der Waals surface area contributed by atoms with Crippen molar-refractivity contribution in [1.82, 2.24) is 5.32 Å². The predicted molar refractivity (Wildman–Crippen MR) is 73.4 cm³/mol. The van der Waals surface area contributed by atoms with E-state index in [0.29, 0.717) is 14.8 Å². The van der Waals surface area contributed by atoms with Gasteiger partial charge in [0.05, 0.1) is 9.80 Å². The van der Waals surface area contributed by atoms with Crippen LogP contribution in [0.1, 0.15) is 19.8 Å². The van der Waals surface area contributed by atoms with Crippen molar-refractivity contribution in [2.45, 2.75) is 30.7 Å². The first-order valence-electron chi connectivity index (χ1n) is 5.96. The van der Waals surface area contributed by atoms with Crippen LogP contribution in [0.15, 0.2) is 40.1 Å². The Morgan fingerprint density at radius 1 is 1.39 bits per heavy atom. The number of sulfone groups is 1. The lowest BCUT2D eigenvalue weighted by atomic mass is 10.2. The van der Waals surface area contributed by atoms with Crippen molar-refractivity contribution in [2.75, 3.05) is 6.54 Å². The van der Waals surface area contributed by atoms with E-state index in [4.69, 9.17) is 11.6 Å². The lowest BCUT2D eigenvalue weighted by Gasteiger charge is -2.15. The van der Waals surface area contributed by atoms with Gasteiger partial charge in [-0.15, -0.1) is 0 Å². The van der Waals surface area contributed by atoms with Crippen molar-refractivity contribution < 1.29 is 8.42 Å². The van der Waals surface area contributed by atoms with Gasteiger partial charge in [0.15, 0.2) is 0 Å². The molecule has 1 N–H and O–H groups in total. The number of hydrogen-bond acceptors (Lipinski definition) is 3. The molecule has 1 aliphatic heterocycles. The van der Waals surface area contributed by atoms with Gasteiger partial charge in [0.2, 0.25) is 9.84 Å². The summed E-state index contributed by atoms with van der Waals surface area (Å²) in [6, 6.07) is 6.25. The fourth-order valence-corrected chi connectivity index (χ4v) is 4.00. The number of allylic oxidation sites excluding steroid dienone is 1. The van der Waals surface area contributed by atoms with Crippen LogP contribution < -0.4 is 5.32 Å². The summed E-state index contributed by atoms with van der Waals surface area (Å²) in [5.74, 6) is 0. The molecule has 3 nitrogen and oxygen atoms in total. The summed E-state index contributed by atoms with van der Waals surface area (Å²) in [5, 5.41) is 3.76. The minimum atomic E-state index is -3.41. The van der Waals surface area contributed by atoms with Crippen LogP contribution in [0.25, 0.3) is 0 Å². The standard InChI is InChI=1S/C13H16ClNO2S/c1-2-13(12-4-3-9-15-12)18(16,17)11-7-5-10(14)6-8-11/h2,5-8,12,15H,3-4,9H2,1H3. The summed E-state index contributed by atoms with van der Waals surface area (Å²) in [5.41, 5.74) is 0. The number of hydrogen-bond donors (Lipinski definition) is 1. The van der Waals surface area contributed by atoms with Crippen LogP contribution in [0, 0.1) is 0 Å². The van der Waals surface area contributed by atoms with Crippen molar-refractivity contribution in [3.05, 3.63) is 40.3 Å². The zero-order chi connectivity index (χ0) is 13.2. The lowest BCUT2D eigenvalue weighted by molar-refractivity contribution is 0.592. The Labute approximate surface area is 113 Å². The van der Waals surface area contributed by atoms with Crippen LogP contribution in [-0.4, -0.2) is 21.0 Å². The number of halogens is 1. The summed E-state index contributed by atoms with van der Waals surface area (Å²) in [7, 11) is -3.41. The summed E-state index contributed by atoms with van der Waals surface area (Å²) in [6.45, 7) is 2.64. The van der Waals surface area contributed by atoms with Crippen LogP contribution in [0.3, 0.4) is 0 Å². The van der Waals surface area contributed by atoms with Crippen molar-refractivity contribution in [1.29, 1.82) is 0 Å². The Bertz CT molecular complexity index is 543. The van der Waals surface area contributed by atoms with Gasteiger partial charge in [-0.1, -0.05) is 17.7 Å². The number of benzene rings is 1. The third-order valence-corrected chi connectivity index (χ3v) is 5.41. The van der Waals surface area contributed by atoms with Gasteiger partial charge >= 0.3 is 0 Å². The van der Waals surface area contributed by atoms with E-state index in [1.165, 1.54) is 0 Å². The van der Waals surface area contributed by atoms with Gasteiger partial charge < -0.3 is 5.32 Å². The van der Waals surface area contributed by atoms with Gasteiger partial charge in [-0.3, -0.25) is 0 Å². The second-order valence-electron chi connectivity index (χ2n) is 4.30. The van der Waals surface area contributed by atoms with E-state index < -0.39 is 9.84 Å². The highest BCUT2D eigenvalue weighted by Crippen LogP contribution is 2.26. The molecule has 1 aromatic carbocycles. The monoisotopic (exact) mass is 285 g/mol. The predicted octanol–water partition coefficient (Wildman–Crippen LogP) is 2.77. The molecule has 0 aliphatic carbocycles. The zero-order valence-electron chi connectivity index (χ0n) is 10.2. The molecule has 0 aromatic heterocycles. The Hall–Kier alpha value is -0.840. The van der Waals surface area contributed by atoms with Crippen molar-refractivity contribution in [2.24, 2.45) is 0 Å². The smallest absolute Gasteiger partial charge is 0.204 e. The maximum atomic E-state index is 12.5. The Kier molecular flexibility index (Phi) is 4.10. The molecule has 1 unspecified atom stereocenters. The van der Waals surface area contributed by atoms with E-state index in [9.17, 15) is 8.42 Å². The summed E-state index contributed by atoms with van der Waals surface area (Å²) >= 11 is 5.78.